The van der Waals surface area contributed by atoms with Crippen LogP contribution in [0.3, 0.4) is 0 Å². The number of hydrogen-bond donors (Lipinski definition) is 1. The summed E-state index contributed by atoms with van der Waals surface area (Å²) in [7, 11) is 0. The first-order valence-corrected chi connectivity index (χ1v) is 8.55. The lowest BCUT2D eigenvalue weighted by atomic mass is 10.2. The molecule has 1 N–H and O–H groups in total. The summed E-state index contributed by atoms with van der Waals surface area (Å²) in [5.74, 6) is -0.224. The number of carbonyl (C=O) groups is 2. The van der Waals surface area contributed by atoms with Crippen LogP contribution in [0.2, 0.25) is 0 Å². The fourth-order valence-electron chi connectivity index (χ4n) is 2.97. The molecule has 6 nitrogen and oxygen atoms in total. The molecule has 1 aliphatic carbocycles. The largest absolute Gasteiger partial charge is 0.452 e. The molecule has 6 heteroatoms. The van der Waals surface area contributed by atoms with E-state index in [4.69, 9.17) is 4.74 Å². The third-order valence-corrected chi connectivity index (χ3v) is 4.55. The first-order valence-electron chi connectivity index (χ1n) is 8.55. The summed E-state index contributed by atoms with van der Waals surface area (Å²) >= 11 is 0. The van der Waals surface area contributed by atoms with E-state index in [1.165, 1.54) is 0 Å². The maximum Gasteiger partial charge on any atom is 0.342 e. The van der Waals surface area contributed by atoms with Gasteiger partial charge in [-0.25, -0.2) is 9.48 Å². The predicted molar refractivity (Wildman–Crippen MR) is 93.6 cm³/mol. The molecule has 1 atom stereocenters. The third-order valence-electron chi connectivity index (χ3n) is 4.55. The van der Waals surface area contributed by atoms with Gasteiger partial charge in [-0.15, -0.1) is 0 Å². The van der Waals surface area contributed by atoms with Crippen molar-refractivity contribution in [1.82, 2.24) is 15.1 Å². The lowest BCUT2D eigenvalue weighted by Crippen LogP contribution is -2.37. The number of carbonyl (C=O) groups excluding carboxylic acids is 2. The van der Waals surface area contributed by atoms with Crippen molar-refractivity contribution in [2.45, 2.75) is 39.7 Å². The zero-order valence-corrected chi connectivity index (χ0v) is 14.8. The summed E-state index contributed by atoms with van der Waals surface area (Å²) < 4.78 is 6.91. The van der Waals surface area contributed by atoms with E-state index in [1.54, 1.807) is 11.6 Å². The molecule has 1 heterocycles. The quantitative estimate of drug-likeness (QED) is 0.820. The molecule has 0 bridgehead atoms. The van der Waals surface area contributed by atoms with Crippen LogP contribution in [-0.2, 0) is 9.53 Å². The van der Waals surface area contributed by atoms with Crippen LogP contribution in [0.15, 0.2) is 30.3 Å². The lowest BCUT2D eigenvalue weighted by Gasteiger charge is -2.12. The Kier molecular flexibility index (Phi) is 4.88. The van der Waals surface area contributed by atoms with Crippen molar-refractivity contribution >= 4 is 11.9 Å². The SMILES string of the molecule is Cc1nn(-c2ccccc2)c(C)c1C(=O)OCC(=O)N[C@@H](C)C1CC1. The molecule has 25 heavy (non-hydrogen) atoms. The fraction of sp³-hybridized carbons (Fsp3) is 0.421. The predicted octanol–water partition coefficient (Wildman–Crippen LogP) is 2.56. The second-order valence-electron chi connectivity index (χ2n) is 6.56. The molecule has 1 saturated carbocycles. The average Bonchev–Trinajstić information content (AvgIpc) is 3.39. The Morgan fingerprint density at radius 3 is 2.60 bits per heavy atom. The average molecular weight is 341 g/mol. The molecule has 0 unspecified atom stereocenters. The normalized spacial score (nSPS) is 14.8. The van der Waals surface area contributed by atoms with Gasteiger partial charge >= 0.3 is 5.97 Å². The van der Waals surface area contributed by atoms with Crippen molar-refractivity contribution in [3.05, 3.63) is 47.3 Å². The second kappa shape index (κ2) is 7.09. The molecule has 1 amide bonds. The Hall–Kier alpha value is -2.63. The van der Waals surface area contributed by atoms with E-state index in [-0.39, 0.29) is 18.6 Å². The summed E-state index contributed by atoms with van der Waals surface area (Å²) in [6.45, 7) is 5.29. The van der Waals surface area contributed by atoms with Crippen molar-refractivity contribution in [1.29, 1.82) is 0 Å². The lowest BCUT2D eigenvalue weighted by molar-refractivity contribution is -0.125. The number of hydrogen-bond acceptors (Lipinski definition) is 4. The zero-order chi connectivity index (χ0) is 18.0. The first-order chi connectivity index (χ1) is 12.0. The Balaban J connectivity index is 1.66. The van der Waals surface area contributed by atoms with Crippen LogP contribution in [0.5, 0.6) is 0 Å². The molecule has 1 fully saturated rings. The summed E-state index contributed by atoms with van der Waals surface area (Å²) in [6, 6.07) is 9.72. The molecule has 132 valence electrons. The monoisotopic (exact) mass is 341 g/mol. The van der Waals surface area contributed by atoms with Gasteiger partial charge in [0.15, 0.2) is 6.61 Å². The molecule has 1 aliphatic rings. The number of nitrogens with one attached hydrogen (secondary N) is 1. The number of amides is 1. The van der Waals surface area contributed by atoms with E-state index >= 15 is 0 Å². The van der Waals surface area contributed by atoms with E-state index in [9.17, 15) is 9.59 Å². The molecule has 0 aliphatic heterocycles. The summed E-state index contributed by atoms with van der Waals surface area (Å²) in [5, 5.41) is 7.30. The van der Waals surface area contributed by atoms with Gasteiger partial charge in [0.05, 0.1) is 17.1 Å². The van der Waals surface area contributed by atoms with E-state index in [0.29, 0.717) is 22.9 Å². The fourth-order valence-corrected chi connectivity index (χ4v) is 2.97. The van der Waals surface area contributed by atoms with Gasteiger partial charge in [-0.1, -0.05) is 18.2 Å². The van der Waals surface area contributed by atoms with Crippen molar-refractivity contribution in [2.75, 3.05) is 6.61 Å². The maximum absolute atomic E-state index is 12.4. The van der Waals surface area contributed by atoms with Crippen molar-refractivity contribution in [2.24, 2.45) is 5.92 Å². The minimum Gasteiger partial charge on any atom is -0.452 e. The van der Waals surface area contributed by atoms with Gasteiger partial charge in [0.1, 0.15) is 5.56 Å². The molecule has 0 spiro atoms. The Bertz CT molecular complexity index is 779. The highest BCUT2D eigenvalue weighted by Crippen LogP contribution is 2.32. The third kappa shape index (κ3) is 3.90. The van der Waals surface area contributed by atoms with Gasteiger partial charge in [0, 0.05) is 6.04 Å². The van der Waals surface area contributed by atoms with Gasteiger partial charge < -0.3 is 10.1 Å². The number of para-hydroxylation sites is 1. The van der Waals surface area contributed by atoms with Crippen LogP contribution >= 0.6 is 0 Å². The second-order valence-corrected chi connectivity index (χ2v) is 6.56. The molecular weight excluding hydrogens is 318 g/mol. The number of aromatic nitrogens is 2. The van der Waals surface area contributed by atoms with Gasteiger partial charge in [-0.05, 0) is 51.7 Å². The first kappa shape index (κ1) is 17.2. The van der Waals surface area contributed by atoms with Crippen molar-refractivity contribution < 1.29 is 14.3 Å². The Labute approximate surface area is 147 Å². The molecule has 2 aromatic rings. The molecule has 1 aromatic heterocycles. The van der Waals surface area contributed by atoms with E-state index in [1.807, 2.05) is 44.2 Å². The van der Waals surface area contributed by atoms with E-state index in [0.717, 1.165) is 18.5 Å². The van der Waals surface area contributed by atoms with E-state index < -0.39 is 5.97 Å². The number of ether oxygens (including phenoxy) is 1. The van der Waals surface area contributed by atoms with Crippen LogP contribution in [0.4, 0.5) is 0 Å². The highest BCUT2D eigenvalue weighted by molar-refractivity contribution is 5.93. The zero-order valence-electron chi connectivity index (χ0n) is 14.8. The smallest absolute Gasteiger partial charge is 0.342 e. The molecular formula is C19H23N3O3. The highest BCUT2D eigenvalue weighted by atomic mass is 16.5. The van der Waals surface area contributed by atoms with Gasteiger partial charge in [0.25, 0.3) is 5.91 Å². The maximum atomic E-state index is 12.4. The van der Waals surface area contributed by atoms with E-state index in [2.05, 4.69) is 10.4 Å². The summed E-state index contributed by atoms with van der Waals surface area (Å²) in [6.07, 6.45) is 2.30. The van der Waals surface area contributed by atoms with Crippen LogP contribution in [-0.4, -0.2) is 34.3 Å². The van der Waals surface area contributed by atoms with Crippen LogP contribution in [0, 0.1) is 19.8 Å². The number of esters is 1. The minimum absolute atomic E-state index is 0.135. The summed E-state index contributed by atoms with van der Waals surface area (Å²) in [4.78, 5) is 24.3. The topological polar surface area (TPSA) is 73.2 Å². The van der Waals surface area contributed by atoms with Crippen LogP contribution in [0.1, 0.15) is 41.5 Å². The highest BCUT2D eigenvalue weighted by Gasteiger charge is 2.29. The van der Waals surface area contributed by atoms with Gasteiger partial charge in [-0.2, -0.15) is 5.10 Å². The van der Waals surface area contributed by atoms with Crippen LogP contribution in [0.25, 0.3) is 5.69 Å². The number of aryl methyl sites for hydroxylation is 1. The van der Waals surface area contributed by atoms with Gasteiger partial charge in [0.2, 0.25) is 0 Å². The Morgan fingerprint density at radius 2 is 1.96 bits per heavy atom. The molecule has 1 aromatic carbocycles. The number of nitrogens with zero attached hydrogens (tertiary/aromatic N) is 2. The number of benzene rings is 1. The summed E-state index contributed by atoms with van der Waals surface area (Å²) in [5.41, 5.74) is 2.56. The number of rotatable bonds is 6. The van der Waals surface area contributed by atoms with Crippen molar-refractivity contribution in [3.63, 3.8) is 0 Å². The molecule has 0 radical (unpaired) electrons. The molecule has 3 rings (SSSR count). The van der Waals surface area contributed by atoms with Crippen LogP contribution < -0.4 is 5.32 Å². The standard InChI is InChI=1S/C19H23N3O3/c1-12(15-9-10-15)20-17(23)11-25-19(24)18-13(2)21-22(14(18)3)16-7-5-4-6-8-16/h4-8,12,15H,9-11H2,1-3H3,(H,20,23)/t12-/m0/s1. The Morgan fingerprint density at radius 1 is 1.28 bits per heavy atom. The molecule has 0 saturated heterocycles. The van der Waals surface area contributed by atoms with Crippen molar-refractivity contribution in [3.8, 4) is 5.69 Å². The minimum atomic E-state index is -0.522. The van der Waals surface area contributed by atoms with Gasteiger partial charge in [-0.3, -0.25) is 4.79 Å².